The summed E-state index contributed by atoms with van der Waals surface area (Å²) >= 11 is 0. The van der Waals surface area contributed by atoms with Gasteiger partial charge in [-0.1, -0.05) is 13.8 Å². The standard InChI is InChI=1S/C14H27N2O/c1-14(2,12-15-6-4-3-5-7-15)13-16-8-10-17-11-9-16/h4H,3,5-13H2,1-2H3. The number of morpholine rings is 1. The van der Waals surface area contributed by atoms with Crippen molar-refractivity contribution in [1.82, 2.24) is 9.80 Å². The van der Waals surface area contributed by atoms with Crippen molar-refractivity contribution in [3.05, 3.63) is 6.42 Å². The van der Waals surface area contributed by atoms with Gasteiger partial charge in [0.15, 0.2) is 0 Å². The predicted octanol–water partition coefficient (Wildman–Crippen LogP) is 1.64. The predicted molar refractivity (Wildman–Crippen MR) is 71.0 cm³/mol. The number of piperidine rings is 1. The number of likely N-dealkylation sites (tertiary alicyclic amines) is 1. The fraction of sp³-hybridized carbons (Fsp3) is 0.929. The van der Waals surface area contributed by atoms with E-state index in [1.807, 2.05) is 0 Å². The summed E-state index contributed by atoms with van der Waals surface area (Å²) in [7, 11) is 0. The lowest BCUT2D eigenvalue weighted by Gasteiger charge is -2.39. The first kappa shape index (κ1) is 13.3. The van der Waals surface area contributed by atoms with Gasteiger partial charge in [0, 0.05) is 32.7 Å². The summed E-state index contributed by atoms with van der Waals surface area (Å²) in [4.78, 5) is 5.15. The van der Waals surface area contributed by atoms with Crippen LogP contribution in [0.3, 0.4) is 0 Å². The summed E-state index contributed by atoms with van der Waals surface area (Å²) in [6.45, 7) is 13.7. The topological polar surface area (TPSA) is 15.7 Å². The summed E-state index contributed by atoms with van der Waals surface area (Å²) in [5.41, 5.74) is 0.391. The van der Waals surface area contributed by atoms with Gasteiger partial charge < -0.3 is 9.64 Å². The second-order valence-corrected chi connectivity index (χ2v) is 6.22. The molecule has 2 heterocycles. The Morgan fingerprint density at radius 2 is 1.76 bits per heavy atom. The van der Waals surface area contributed by atoms with Gasteiger partial charge >= 0.3 is 0 Å². The molecule has 2 aliphatic rings. The smallest absolute Gasteiger partial charge is 0.0594 e. The van der Waals surface area contributed by atoms with Crippen molar-refractivity contribution in [2.45, 2.75) is 26.7 Å². The molecule has 2 rings (SSSR count). The molecular weight excluding hydrogens is 212 g/mol. The number of hydrogen-bond donors (Lipinski definition) is 0. The van der Waals surface area contributed by atoms with Gasteiger partial charge in [-0.15, -0.1) is 0 Å². The molecule has 0 N–H and O–H groups in total. The summed E-state index contributed by atoms with van der Waals surface area (Å²) in [6, 6.07) is 0. The molecule has 0 unspecified atom stereocenters. The van der Waals surface area contributed by atoms with Crippen molar-refractivity contribution in [3.8, 4) is 0 Å². The van der Waals surface area contributed by atoms with Gasteiger partial charge in [0.2, 0.25) is 0 Å². The molecule has 17 heavy (non-hydrogen) atoms. The Bertz CT molecular complexity index is 196. The highest BCUT2D eigenvalue weighted by Gasteiger charge is 2.26. The van der Waals surface area contributed by atoms with Crippen LogP contribution in [0.25, 0.3) is 0 Å². The molecule has 0 aliphatic carbocycles. The van der Waals surface area contributed by atoms with E-state index in [1.54, 1.807) is 0 Å². The summed E-state index contributed by atoms with van der Waals surface area (Å²) in [5.74, 6) is 0. The lowest BCUT2D eigenvalue weighted by molar-refractivity contribution is 0.0148. The molecule has 0 aromatic heterocycles. The molecule has 0 saturated carbocycles. The number of nitrogens with zero attached hydrogens (tertiary/aromatic N) is 2. The fourth-order valence-corrected chi connectivity index (χ4v) is 2.99. The lowest BCUT2D eigenvalue weighted by Crippen LogP contribution is -2.47. The molecule has 0 aromatic carbocycles. The van der Waals surface area contributed by atoms with Crippen molar-refractivity contribution >= 4 is 0 Å². The van der Waals surface area contributed by atoms with E-state index < -0.39 is 0 Å². The van der Waals surface area contributed by atoms with E-state index in [4.69, 9.17) is 4.74 Å². The average Bonchev–Trinajstić information content (AvgIpc) is 2.30. The Morgan fingerprint density at radius 3 is 2.41 bits per heavy atom. The van der Waals surface area contributed by atoms with E-state index >= 15 is 0 Å². The SMILES string of the molecule is CC(C)(CN1C[CH]CCC1)CN1CCOCC1. The molecule has 0 atom stereocenters. The van der Waals surface area contributed by atoms with Gasteiger partial charge in [-0.25, -0.2) is 0 Å². The maximum absolute atomic E-state index is 5.41. The zero-order chi connectivity index (χ0) is 12.1. The molecule has 0 aromatic rings. The van der Waals surface area contributed by atoms with Crippen LogP contribution in [-0.4, -0.2) is 62.3 Å². The Hall–Kier alpha value is -0.120. The van der Waals surface area contributed by atoms with Crippen molar-refractivity contribution in [2.24, 2.45) is 5.41 Å². The van der Waals surface area contributed by atoms with E-state index in [9.17, 15) is 0 Å². The van der Waals surface area contributed by atoms with Crippen molar-refractivity contribution in [3.63, 3.8) is 0 Å². The first-order valence-electron chi connectivity index (χ1n) is 7.00. The van der Waals surface area contributed by atoms with Crippen LogP contribution in [0.4, 0.5) is 0 Å². The van der Waals surface area contributed by atoms with Crippen molar-refractivity contribution in [2.75, 3.05) is 52.5 Å². The van der Waals surface area contributed by atoms with Crippen LogP contribution in [0.2, 0.25) is 0 Å². The monoisotopic (exact) mass is 239 g/mol. The summed E-state index contributed by atoms with van der Waals surface area (Å²) in [6.07, 6.45) is 5.07. The zero-order valence-electron chi connectivity index (χ0n) is 11.5. The normalized spacial score (nSPS) is 25.1. The first-order chi connectivity index (χ1) is 8.16. The minimum atomic E-state index is 0.391. The molecule has 1 radical (unpaired) electrons. The highest BCUT2D eigenvalue weighted by atomic mass is 16.5. The zero-order valence-corrected chi connectivity index (χ0v) is 11.5. The third kappa shape index (κ3) is 4.57. The minimum Gasteiger partial charge on any atom is -0.379 e. The first-order valence-corrected chi connectivity index (χ1v) is 7.00. The average molecular weight is 239 g/mol. The van der Waals surface area contributed by atoms with E-state index in [0.29, 0.717) is 5.41 Å². The molecule has 3 heteroatoms. The van der Waals surface area contributed by atoms with Gasteiger partial charge in [-0.05, 0) is 31.2 Å². The number of hydrogen-bond acceptors (Lipinski definition) is 3. The number of rotatable bonds is 4. The quantitative estimate of drug-likeness (QED) is 0.742. The lowest BCUT2D eigenvalue weighted by atomic mass is 9.91. The maximum atomic E-state index is 5.41. The van der Waals surface area contributed by atoms with Crippen LogP contribution < -0.4 is 0 Å². The number of ether oxygens (including phenoxy) is 1. The molecule has 0 spiro atoms. The molecule has 0 amide bonds. The van der Waals surface area contributed by atoms with Crippen LogP contribution in [0.5, 0.6) is 0 Å². The largest absolute Gasteiger partial charge is 0.379 e. The van der Waals surface area contributed by atoms with E-state index in [2.05, 4.69) is 30.1 Å². The van der Waals surface area contributed by atoms with E-state index in [0.717, 1.165) is 26.3 Å². The Balaban J connectivity index is 1.75. The van der Waals surface area contributed by atoms with Crippen molar-refractivity contribution < 1.29 is 4.74 Å². The molecule has 3 nitrogen and oxygen atoms in total. The fourth-order valence-electron chi connectivity index (χ4n) is 2.99. The van der Waals surface area contributed by atoms with E-state index in [-0.39, 0.29) is 0 Å². The van der Waals surface area contributed by atoms with Crippen LogP contribution in [0.1, 0.15) is 26.7 Å². The van der Waals surface area contributed by atoms with Crippen LogP contribution in [0.15, 0.2) is 0 Å². The van der Waals surface area contributed by atoms with Gasteiger partial charge in [0.05, 0.1) is 13.2 Å². The van der Waals surface area contributed by atoms with Crippen molar-refractivity contribution in [1.29, 1.82) is 0 Å². The molecule has 2 saturated heterocycles. The molecule has 0 bridgehead atoms. The van der Waals surface area contributed by atoms with Crippen LogP contribution in [-0.2, 0) is 4.74 Å². The maximum Gasteiger partial charge on any atom is 0.0594 e. The molecule has 2 aliphatic heterocycles. The molecular formula is C14H27N2O. The third-order valence-corrected chi connectivity index (χ3v) is 3.68. The minimum absolute atomic E-state index is 0.391. The highest BCUT2D eigenvalue weighted by Crippen LogP contribution is 2.21. The Morgan fingerprint density at radius 1 is 1.06 bits per heavy atom. The summed E-state index contributed by atoms with van der Waals surface area (Å²) < 4.78 is 5.41. The molecule has 2 fully saturated rings. The Labute approximate surface area is 106 Å². The second kappa shape index (κ2) is 6.17. The molecule has 99 valence electrons. The van der Waals surface area contributed by atoms with Gasteiger partial charge in [-0.2, -0.15) is 0 Å². The van der Waals surface area contributed by atoms with Crippen LogP contribution in [0, 0.1) is 11.8 Å². The summed E-state index contributed by atoms with van der Waals surface area (Å²) in [5, 5.41) is 0. The van der Waals surface area contributed by atoms with E-state index in [1.165, 1.54) is 39.0 Å². The van der Waals surface area contributed by atoms with Gasteiger partial charge in [-0.3, -0.25) is 4.90 Å². The Kier molecular flexibility index (Phi) is 4.83. The highest BCUT2D eigenvalue weighted by molar-refractivity contribution is 4.84. The van der Waals surface area contributed by atoms with Gasteiger partial charge in [0.25, 0.3) is 0 Å². The third-order valence-electron chi connectivity index (χ3n) is 3.68. The van der Waals surface area contributed by atoms with Crippen LogP contribution >= 0.6 is 0 Å². The van der Waals surface area contributed by atoms with Gasteiger partial charge in [0.1, 0.15) is 0 Å². The second-order valence-electron chi connectivity index (χ2n) is 6.22.